The predicted octanol–water partition coefficient (Wildman–Crippen LogP) is 1.56. The molecule has 0 spiro atoms. The summed E-state index contributed by atoms with van der Waals surface area (Å²) >= 11 is 0. The summed E-state index contributed by atoms with van der Waals surface area (Å²) in [6.07, 6.45) is 0.735. The second-order valence-electron chi connectivity index (χ2n) is 2.96. The molecule has 0 amide bonds. The van der Waals surface area contributed by atoms with Crippen LogP contribution in [0, 0.1) is 22.0 Å². The van der Waals surface area contributed by atoms with Gasteiger partial charge < -0.3 is 5.32 Å². The van der Waals surface area contributed by atoms with Gasteiger partial charge in [0.2, 0.25) is 0 Å². The summed E-state index contributed by atoms with van der Waals surface area (Å²) < 4.78 is 0. The maximum absolute atomic E-state index is 10.5. The van der Waals surface area contributed by atoms with Crippen molar-refractivity contribution in [3.63, 3.8) is 0 Å². The molecular formula is C11H12N2O2. The van der Waals surface area contributed by atoms with Crippen molar-refractivity contribution in [1.29, 1.82) is 0 Å². The molecule has 4 nitrogen and oxygen atoms in total. The minimum atomic E-state index is -0.418. The highest BCUT2D eigenvalue weighted by Crippen LogP contribution is 2.11. The van der Waals surface area contributed by atoms with E-state index in [4.69, 9.17) is 0 Å². The molecule has 0 bridgehead atoms. The maximum Gasteiger partial charge on any atom is 0.270 e. The smallest absolute Gasteiger partial charge is 0.270 e. The van der Waals surface area contributed by atoms with Crippen LogP contribution in [0.4, 0.5) is 5.69 Å². The van der Waals surface area contributed by atoms with Gasteiger partial charge >= 0.3 is 0 Å². The second-order valence-corrected chi connectivity index (χ2v) is 2.96. The molecule has 0 fully saturated rings. The largest absolute Gasteiger partial charge is 0.319 e. The molecule has 0 aromatic heterocycles. The molecule has 0 saturated heterocycles. The number of rotatable bonds is 3. The van der Waals surface area contributed by atoms with Crippen molar-refractivity contribution in [1.82, 2.24) is 5.32 Å². The first-order valence-corrected chi connectivity index (χ1v) is 4.62. The Kier molecular flexibility index (Phi) is 4.32. The molecule has 0 aliphatic heterocycles. The molecular weight excluding hydrogens is 192 g/mol. The Bertz CT molecular complexity index is 405. The van der Waals surface area contributed by atoms with Gasteiger partial charge in [0.25, 0.3) is 5.69 Å². The number of hydrogen-bond acceptors (Lipinski definition) is 3. The van der Waals surface area contributed by atoms with Crippen LogP contribution in [0.2, 0.25) is 0 Å². The Morgan fingerprint density at radius 3 is 3.00 bits per heavy atom. The number of hydrogen-bond donors (Lipinski definition) is 1. The first-order valence-electron chi connectivity index (χ1n) is 4.62. The van der Waals surface area contributed by atoms with E-state index in [1.54, 1.807) is 12.1 Å². The van der Waals surface area contributed by atoms with Crippen molar-refractivity contribution < 1.29 is 4.92 Å². The lowest BCUT2D eigenvalue weighted by Gasteiger charge is -1.92. The zero-order valence-corrected chi connectivity index (χ0v) is 8.49. The van der Waals surface area contributed by atoms with Crippen molar-refractivity contribution in [3.8, 4) is 11.8 Å². The third-order valence-electron chi connectivity index (χ3n) is 1.79. The van der Waals surface area contributed by atoms with Crippen LogP contribution in [-0.4, -0.2) is 18.5 Å². The number of non-ortho nitro benzene ring substituents is 1. The van der Waals surface area contributed by atoms with E-state index in [-0.39, 0.29) is 5.69 Å². The summed E-state index contributed by atoms with van der Waals surface area (Å²) in [5, 5.41) is 13.4. The number of nitro benzene ring substituents is 1. The van der Waals surface area contributed by atoms with Crippen LogP contribution in [-0.2, 0) is 0 Å². The van der Waals surface area contributed by atoms with E-state index in [1.807, 2.05) is 7.05 Å². The van der Waals surface area contributed by atoms with E-state index in [0.717, 1.165) is 13.0 Å². The number of nitro groups is 1. The van der Waals surface area contributed by atoms with E-state index >= 15 is 0 Å². The highest BCUT2D eigenvalue weighted by molar-refractivity contribution is 5.42. The van der Waals surface area contributed by atoms with Crippen LogP contribution in [0.25, 0.3) is 0 Å². The second kappa shape index (κ2) is 5.78. The molecule has 78 valence electrons. The molecule has 1 rings (SSSR count). The Hall–Kier alpha value is -1.86. The van der Waals surface area contributed by atoms with Gasteiger partial charge in [0, 0.05) is 30.7 Å². The van der Waals surface area contributed by atoms with Crippen molar-refractivity contribution in [2.75, 3.05) is 13.6 Å². The van der Waals surface area contributed by atoms with Gasteiger partial charge in [-0.05, 0) is 13.1 Å². The molecule has 4 heteroatoms. The Labute approximate surface area is 88.5 Å². The lowest BCUT2D eigenvalue weighted by molar-refractivity contribution is -0.384. The molecule has 0 heterocycles. The van der Waals surface area contributed by atoms with E-state index in [9.17, 15) is 10.1 Å². The van der Waals surface area contributed by atoms with Gasteiger partial charge in [0.15, 0.2) is 0 Å². The van der Waals surface area contributed by atoms with E-state index in [1.165, 1.54) is 12.1 Å². The average Bonchev–Trinajstić information content (AvgIpc) is 2.25. The van der Waals surface area contributed by atoms with Crippen molar-refractivity contribution in [2.45, 2.75) is 6.42 Å². The number of nitrogens with one attached hydrogen (secondary N) is 1. The Balaban J connectivity index is 2.72. The van der Waals surface area contributed by atoms with Crippen LogP contribution in [0.15, 0.2) is 24.3 Å². The fourth-order valence-electron chi connectivity index (χ4n) is 1.05. The topological polar surface area (TPSA) is 55.2 Å². The minimum Gasteiger partial charge on any atom is -0.319 e. The lowest BCUT2D eigenvalue weighted by Crippen LogP contribution is -2.05. The summed E-state index contributed by atoms with van der Waals surface area (Å²) in [7, 11) is 1.86. The Morgan fingerprint density at radius 2 is 2.33 bits per heavy atom. The quantitative estimate of drug-likeness (QED) is 0.352. The summed E-state index contributed by atoms with van der Waals surface area (Å²) in [6, 6.07) is 6.34. The van der Waals surface area contributed by atoms with Gasteiger partial charge in [-0.25, -0.2) is 0 Å². The summed E-state index contributed by atoms with van der Waals surface area (Å²) in [4.78, 5) is 10.1. The fraction of sp³-hybridized carbons (Fsp3) is 0.273. The third-order valence-corrected chi connectivity index (χ3v) is 1.79. The molecule has 1 aromatic carbocycles. The summed E-state index contributed by atoms with van der Waals surface area (Å²) in [5.74, 6) is 5.81. The lowest BCUT2D eigenvalue weighted by atomic mass is 10.2. The maximum atomic E-state index is 10.5. The molecule has 0 aliphatic carbocycles. The van der Waals surface area contributed by atoms with Gasteiger partial charge in [-0.2, -0.15) is 0 Å². The molecule has 0 saturated carbocycles. The normalized spacial score (nSPS) is 9.13. The minimum absolute atomic E-state index is 0.0791. The first kappa shape index (κ1) is 11.2. The number of benzene rings is 1. The molecule has 0 atom stereocenters. The van der Waals surface area contributed by atoms with Gasteiger partial charge in [0.1, 0.15) is 0 Å². The van der Waals surface area contributed by atoms with E-state index in [2.05, 4.69) is 17.2 Å². The Morgan fingerprint density at radius 1 is 1.53 bits per heavy atom. The summed E-state index contributed by atoms with van der Waals surface area (Å²) in [5.41, 5.74) is 0.760. The average molecular weight is 204 g/mol. The predicted molar refractivity (Wildman–Crippen MR) is 58.5 cm³/mol. The van der Waals surface area contributed by atoms with Crippen LogP contribution in [0.3, 0.4) is 0 Å². The highest BCUT2D eigenvalue weighted by atomic mass is 16.6. The molecule has 1 N–H and O–H groups in total. The first-order chi connectivity index (χ1) is 7.24. The van der Waals surface area contributed by atoms with Gasteiger partial charge in [-0.1, -0.05) is 17.9 Å². The molecule has 0 unspecified atom stereocenters. The molecule has 1 aromatic rings. The van der Waals surface area contributed by atoms with E-state index < -0.39 is 4.92 Å². The SMILES string of the molecule is CNCCC#Cc1cccc([N+](=O)[O-])c1. The molecule has 0 aliphatic rings. The van der Waals surface area contributed by atoms with Crippen molar-refractivity contribution >= 4 is 5.69 Å². The highest BCUT2D eigenvalue weighted by Gasteiger charge is 2.03. The zero-order valence-electron chi connectivity index (χ0n) is 8.49. The zero-order chi connectivity index (χ0) is 11.1. The van der Waals surface area contributed by atoms with Crippen LogP contribution >= 0.6 is 0 Å². The van der Waals surface area contributed by atoms with Crippen LogP contribution in [0.1, 0.15) is 12.0 Å². The summed E-state index contributed by atoms with van der Waals surface area (Å²) in [6.45, 7) is 0.821. The van der Waals surface area contributed by atoms with Crippen LogP contribution < -0.4 is 5.32 Å². The standard InChI is InChI=1S/C11H12N2O2/c1-12-8-3-2-5-10-6-4-7-11(9-10)13(14)15/h4,6-7,9,12H,3,8H2,1H3. The van der Waals surface area contributed by atoms with Gasteiger partial charge in [-0.3, -0.25) is 10.1 Å². The molecule has 0 radical (unpaired) electrons. The monoisotopic (exact) mass is 204 g/mol. The van der Waals surface area contributed by atoms with Gasteiger partial charge in [-0.15, -0.1) is 0 Å². The van der Waals surface area contributed by atoms with Crippen molar-refractivity contribution in [2.24, 2.45) is 0 Å². The third kappa shape index (κ3) is 3.79. The molecule has 15 heavy (non-hydrogen) atoms. The number of nitrogens with zero attached hydrogens (tertiary/aromatic N) is 1. The van der Waals surface area contributed by atoms with Crippen LogP contribution in [0.5, 0.6) is 0 Å². The van der Waals surface area contributed by atoms with Crippen molar-refractivity contribution in [3.05, 3.63) is 39.9 Å². The van der Waals surface area contributed by atoms with Gasteiger partial charge in [0.05, 0.1) is 4.92 Å². The van der Waals surface area contributed by atoms with E-state index in [0.29, 0.717) is 5.56 Å². The fourth-order valence-corrected chi connectivity index (χ4v) is 1.05.